The number of hydrogen-bond donors (Lipinski definition) is 1. The number of amides is 2. The molecular formula is C25H30N2O4. The van der Waals surface area contributed by atoms with E-state index >= 15 is 0 Å². The van der Waals surface area contributed by atoms with Gasteiger partial charge >= 0.3 is 0 Å². The Morgan fingerprint density at radius 2 is 1.55 bits per heavy atom. The van der Waals surface area contributed by atoms with Crippen LogP contribution in [0.1, 0.15) is 47.4 Å². The minimum atomic E-state index is -0.596. The van der Waals surface area contributed by atoms with Crippen LogP contribution in [0.4, 0.5) is 0 Å². The number of ether oxygens (including phenoxy) is 1. The first-order valence-electron chi connectivity index (χ1n) is 10.7. The molecule has 6 nitrogen and oxygen atoms in total. The van der Waals surface area contributed by atoms with E-state index in [9.17, 15) is 14.4 Å². The molecule has 1 N–H and O–H groups in total. The summed E-state index contributed by atoms with van der Waals surface area (Å²) in [6.45, 7) is 4.87. The van der Waals surface area contributed by atoms with E-state index in [0.717, 1.165) is 0 Å². The second-order valence-electron chi connectivity index (χ2n) is 8.25. The predicted octanol–water partition coefficient (Wildman–Crippen LogP) is 3.57. The molecule has 0 radical (unpaired) electrons. The largest absolute Gasteiger partial charge is 0.497 e. The highest BCUT2D eigenvalue weighted by Crippen LogP contribution is 2.24. The van der Waals surface area contributed by atoms with Gasteiger partial charge in [0, 0.05) is 30.1 Å². The van der Waals surface area contributed by atoms with Crippen molar-refractivity contribution in [2.24, 2.45) is 11.8 Å². The van der Waals surface area contributed by atoms with Gasteiger partial charge in [-0.25, -0.2) is 0 Å². The smallest absolute Gasteiger partial charge is 0.251 e. The molecule has 1 fully saturated rings. The lowest BCUT2D eigenvalue weighted by Crippen LogP contribution is -2.53. The fourth-order valence-electron chi connectivity index (χ4n) is 3.88. The number of carbonyl (C=O) groups is 3. The summed E-state index contributed by atoms with van der Waals surface area (Å²) in [6.07, 6.45) is 1.24. The van der Waals surface area contributed by atoms with Crippen molar-refractivity contribution in [3.05, 3.63) is 65.7 Å². The molecule has 1 saturated heterocycles. The van der Waals surface area contributed by atoms with Crippen LogP contribution in [0.25, 0.3) is 0 Å². The number of carbonyl (C=O) groups excluding carboxylic acids is 3. The standard InChI is InChI=1S/C25H30N2O4/c1-17(2)22(26-24(29)20-7-5-4-6-8-20)25(30)27-15-13-19(14-16-27)23(28)18-9-11-21(31-3)12-10-18/h4-12,17,19,22H,13-16H2,1-3H3,(H,26,29). The molecule has 164 valence electrons. The highest BCUT2D eigenvalue weighted by molar-refractivity contribution is 5.99. The Labute approximate surface area is 183 Å². The second-order valence-corrected chi connectivity index (χ2v) is 8.25. The summed E-state index contributed by atoms with van der Waals surface area (Å²) in [7, 11) is 1.59. The van der Waals surface area contributed by atoms with Crippen LogP contribution in [0.5, 0.6) is 5.75 Å². The lowest BCUT2D eigenvalue weighted by Gasteiger charge is -2.35. The number of methoxy groups -OCH3 is 1. The minimum Gasteiger partial charge on any atom is -0.497 e. The van der Waals surface area contributed by atoms with Crippen LogP contribution in [0.2, 0.25) is 0 Å². The van der Waals surface area contributed by atoms with Crippen molar-refractivity contribution in [1.29, 1.82) is 0 Å². The molecule has 0 aliphatic carbocycles. The summed E-state index contributed by atoms with van der Waals surface area (Å²) in [5.74, 6) is 0.335. The number of Topliss-reactive ketones (excluding diaryl/α,β-unsaturated/α-hetero) is 1. The van der Waals surface area contributed by atoms with E-state index in [1.807, 2.05) is 19.9 Å². The Morgan fingerprint density at radius 3 is 2.10 bits per heavy atom. The van der Waals surface area contributed by atoms with Crippen molar-refractivity contribution >= 4 is 17.6 Å². The van der Waals surface area contributed by atoms with Crippen molar-refractivity contribution in [3.63, 3.8) is 0 Å². The van der Waals surface area contributed by atoms with Gasteiger partial charge in [0.1, 0.15) is 11.8 Å². The van der Waals surface area contributed by atoms with Gasteiger partial charge in [0.05, 0.1) is 7.11 Å². The third-order valence-corrected chi connectivity index (χ3v) is 5.81. The maximum atomic E-state index is 13.1. The van der Waals surface area contributed by atoms with Crippen molar-refractivity contribution in [3.8, 4) is 5.75 Å². The molecule has 3 rings (SSSR count). The molecule has 1 aliphatic rings. The molecule has 2 amide bonds. The number of nitrogens with zero attached hydrogens (tertiary/aromatic N) is 1. The van der Waals surface area contributed by atoms with Crippen molar-refractivity contribution in [2.45, 2.75) is 32.7 Å². The van der Waals surface area contributed by atoms with Gasteiger partial charge in [-0.05, 0) is 55.2 Å². The van der Waals surface area contributed by atoms with E-state index in [1.54, 1.807) is 60.5 Å². The lowest BCUT2D eigenvalue weighted by molar-refractivity contribution is -0.135. The zero-order chi connectivity index (χ0) is 22.4. The summed E-state index contributed by atoms with van der Waals surface area (Å²) < 4.78 is 5.15. The first-order valence-corrected chi connectivity index (χ1v) is 10.7. The van der Waals surface area contributed by atoms with Gasteiger partial charge in [-0.3, -0.25) is 14.4 Å². The quantitative estimate of drug-likeness (QED) is 0.692. The molecule has 1 heterocycles. The molecule has 0 saturated carbocycles. The summed E-state index contributed by atoms with van der Waals surface area (Å²) in [5, 5.41) is 2.89. The van der Waals surface area contributed by atoms with Crippen LogP contribution in [0, 0.1) is 11.8 Å². The topological polar surface area (TPSA) is 75.7 Å². The van der Waals surface area contributed by atoms with E-state index in [4.69, 9.17) is 4.74 Å². The third-order valence-electron chi connectivity index (χ3n) is 5.81. The highest BCUT2D eigenvalue weighted by atomic mass is 16.5. The van der Waals surface area contributed by atoms with Gasteiger partial charge < -0.3 is 15.0 Å². The zero-order valence-corrected chi connectivity index (χ0v) is 18.3. The molecule has 1 atom stereocenters. The summed E-state index contributed by atoms with van der Waals surface area (Å²) in [4.78, 5) is 40.3. The van der Waals surface area contributed by atoms with Crippen LogP contribution in [0.3, 0.4) is 0 Å². The van der Waals surface area contributed by atoms with Gasteiger partial charge in [0.15, 0.2) is 5.78 Å². The molecule has 31 heavy (non-hydrogen) atoms. The molecule has 2 aromatic rings. The van der Waals surface area contributed by atoms with E-state index < -0.39 is 6.04 Å². The molecule has 6 heteroatoms. The SMILES string of the molecule is COc1ccc(C(=O)C2CCN(C(=O)C(NC(=O)c3ccccc3)C(C)C)CC2)cc1. The monoisotopic (exact) mass is 422 g/mol. The second kappa shape index (κ2) is 10.2. The van der Waals surface area contributed by atoms with Crippen molar-refractivity contribution in [2.75, 3.05) is 20.2 Å². The lowest BCUT2D eigenvalue weighted by atomic mass is 9.88. The Hall–Kier alpha value is -3.15. The number of nitrogens with one attached hydrogen (secondary N) is 1. The van der Waals surface area contributed by atoms with Gasteiger partial charge in [0.25, 0.3) is 5.91 Å². The molecule has 0 spiro atoms. The van der Waals surface area contributed by atoms with Crippen LogP contribution in [-0.4, -0.2) is 48.7 Å². The van der Waals surface area contributed by atoms with Gasteiger partial charge in [-0.1, -0.05) is 32.0 Å². The Balaban J connectivity index is 1.59. The van der Waals surface area contributed by atoms with Crippen LogP contribution < -0.4 is 10.1 Å². The molecule has 1 aliphatic heterocycles. The fourth-order valence-corrected chi connectivity index (χ4v) is 3.88. The van der Waals surface area contributed by atoms with E-state index in [-0.39, 0.29) is 29.4 Å². The summed E-state index contributed by atoms with van der Waals surface area (Å²) in [5.41, 5.74) is 1.20. The first-order chi connectivity index (χ1) is 14.9. The van der Waals surface area contributed by atoms with Gasteiger partial charge in [-0.15, -0.1) is 0 Å². The Kier molecular flexibility index (Phi) is 7.45. The van der Waals surface area contributed by atoms with Gasteiger partial charge in [0.2, 0.25) is 5.91 Å². The molecule has 1 unspecified atom stereocenters. The third kappa shape index (κ3) is 5.51. The average Bonchev–Trinajstić information content (AvgIpc) is 2.82. The number of likely N-dealkylation sites (tertiary alicyclic amines) is 1. The van der Waals surface area contributed by atoms with Crippen LogP contribution >= 0.6 is 0 Å². The summed E-state index contributed by atoms with van der Waals surface area (Å²) >= 11 is 0. The maximum Gasteiger partial charge on any atom is 0.251 e. The minimum absolute atomic E-state index is 0.0428. The highest BCUT2D eigenvalue weighted by Gasteiger charge is 2.33. The van der Waals surface area contributed by atoms with Gasteiger partial charge in [-0.2, -0.15) is 0 Å². The van der Waals surface area contributed by atoms with E-state index in [2.05, 4.69) is 5.32 Å². The Bertz CT molecular complexity index is 901. The molecule has 0 aromatic heterocycles. The number of benzene rings is 2. The van der Waals surface area contributed by atoms with Crippen LogP contribution in [0.15, 0.2) is 54.6 Å². The number of hydrogen-bond acceptors (Lipinski definition) is 4. The summed E-state index contributed by atoms with van der Waals surface area (Å²) in [6, 6.07) is 15.4. The normalized spacial score (nSPS) is 15.4. The fraction of sp³-hybridized carbons (Fsp3) is 0.400. The number of ketones is 1. The number of rotatable bonds is 7. The average molecular weight is 423 g/mol. The van der Waals surface area contributed by atoms with Crippen molar-refractivity contribution < 1.29 is 19.1 Å². The molecule has 2 aromatic carbocycles. The van der Waals surface area contributed by atoms with Crippen LogP contribution in [-0.2, 0) is 4.79 Å². The first kappa shape index (κ1) is 22.5. The van der Waals surface area contributed by atoms with E-state index in [1.165, 1.54) is 0 Å². The predicted molar refractivity (Wildman–Crippen MR) is 119 cm³/mol. The molecular weight excluding hydrogens is 392 g/mol. The van der Waals surface area contributed by atoms with E-state index in [0.29, 0.717) is 42.8 Å². The molecule has 0 bridgehead atoms. The Morgan fingerprint density at radius 1 is 0.935 bits per heavy atom. The number of piperidine rings is 1. The van der Waals surface area contributed by atoms with Crippen molar-refractivity contribution in [1.82, 2.24) is 10.2 Å². The maximum absolute atomic E-state index is 13.1. The zero-order valence-electron chi connectivity index (χ0n) is 18.3.